The molecule has 9 nitrogen and oxygen atoms in total. The molecule has 0 spiro atoms. The molecule has 112 valence electrons. The predicted molar refractivity (Wildman–Crippen MR) is 67.5 cm³/mol. The molecule has 20 heavy (non-hydrogen) atoms. The van der Waals surface area contributed by atoms with Gasteiger partial charge in [-0.3, -0.25) is 34.3 Å². The van der Waals surface area contributed by atoms with E-state index in [9.17, 15) is 19.2 Å². The second-order valence-corrected chi connectivity index (χ2v) is 4.76. The summed E-state index contributed by atoms with van der Waals surface area (Å²) in [5.41, 5.74) is 5.06. The molecule has 0 aromatic carbocycles. The van der Waals surface area contributed by atoms with Crippen LogP contribution in [0.1, 0.15) is 6.92 Å². The Morgan fingerprint density at radius 1 is 1.35 bits per heavy atom. The second kappa shape index (κ2) is 6.96. The van der Waals surface area contributed by atoms with Crippen molar-refractivity contribution in [2.75, 3.05) is 32.7 Å². The first-order valence-corrected chi connectivity index (χ1v) is 6.07. The quantitative estimate of drug-likeness (QED) is 0.431. The van der Waals surface area contributed by atoms with Crippen molar-refractivity contribution in [2.24, 2.45) is 5.73 Å². The van der Waals surface area contributed by atoms with E-state index in [2.05, 4.69) is 5.32 Å². The lowest BCUT2D eigenvalue weighted by Gasteiger charge is -2.33. The van der Waals surface area contributed by atoms with Crippen LogP contribution < -0.4 is 11.1 Å². The number of carbonyl (C=O) groups excluding carboxylic acids is 3. The SMILES string of the molecule is C[C@@H](CN(CC(N)=O)CC(=O)O)N1CC(=O)NC(=O)C1. The zero-order chi connectivity index (χ0) is 15.3. The largest absolute Gasteiger partial charge is 0.480 e. The highest BCUT2D eigenvalue weighted by Crippen LogP contribution is 2.05. The van der Waals surface area contributed by atoms with Crippen LogP contribution in [0.3, 0.4) is 0 Å². The van der Waals surface area contributed by atoms with Crippen molar-refractivity contribution in [3.8, 4) is 0 Å². The molecule has 0 aromatic rings. The molecule has 0 aliphatic carbocycles. The van der Waals surface area contributed by atoms with Gasteiger partial charge in [0.25, 0.3) is 0 Å². The number of carboxylic acid groups (broad SMARTS) is 1. The van der Waals surface area contributed by atoms with E-state index in [4.69, 9.17) is 10.8 Å². The molecule has 0 aromatic heterocycles. The van der Waals surface area contributed by atoms with Gasteiger partial charge in [-0.15, -0.1) is 0 Å². The Balaban J connectivity index is 2.61. The molecule has 1 rings (SSSR count). The van der Waals surface area contributed by atoms with Crippen molar-refractivity contribution in [3.63, 3.8) is 0 Å². The summed E-state index contributed by atoms with van der Waals surface area (Å²) in [5.74, 6) is -2.50. The Hall–Kier alpha value is -2.00. The Kier molecular flexibility index (Phi) is 5.59. The topological polar surface area (TPSA) is 133 Å². The normalized spacial score (nSPS) is 17.9. The summed E-state index contributed by atoms with van der Waals surface area (Å²) < 4.78 is 0. The van der Waals surface area contributed by atoms with E-state index in [1.54, 1.807) is 11.8 Å². The molecule has 9 heteroatoms. The van der Waals surface area contributed by atoms with Crippen LogP contribution >= 0.6 is 0 Å². The third kappa shape index (κ3) is 5.33. The van der Waals surface area contributed by atoms with Crippen LogP contribution in [0, 0.1) is 0 Å². The summed E-state index contributed by atoms with van der Waals surface area (Å²) in [5, 5.41) is 11.0. The van der Waals surface area contributed by atoms with E-state index < -0.39 is 23.7 Å². The van der Waals surface area contributed by atoms with Crippen molar-refractivity contribution < 1.29 is 24.3 Å². The minimum absolute atomic E-state index is 0.0599. The van der Waals surface area contributed by atoms with Gasteiger partial charge in [-0.25, -0.2) is 0 Å². The zero-order valence-corrected chi connectivity index (χ0v) is 11.2. The number of aliphatic carboxylic acids is 1. The minimum atomic E-state index is -1.08. The number of hydrogen-bond acceptors (Lipinski definition) is 6. The number of amides is 3. The number of carboxylic acids is 1. The van der Waals surface area contributed by atoms with Gasteiger partial charge in [0.05, 0.1) is 26.2 Å². The van der Waals surface area contributed by atoms with Gasteiger partial charge in [0.1, 0.15) is 0 Å². The monoisotopic (exact) mass is 286 g/mol. The molecule has 4 N–H and O–H groups in total. The van der Waals surface area contributed by atoms with Crippen LogP contribution in [0.15, 0.2) is 0 Å². The Morgan fingerprint density at radius 2 is 1.90 bits per heavy atom. The van der Waals surface area contributed by atoms with Crippen molar-refractivity contribution >= 4 is 23.7 Å². The van der Waals surface area contributed by atoms with Crippen molar-refractivity contribution in [1.82, 2.24) is 15.1 Å². The summed E-state index contributed by atoms with van der Waals surface area (Å²) in [6.45, 7) is 1.57. The summed E-state index contributed by atoms with van der Waals surface area (Å²) in [4.78, 5) is 47.2. The first-order chi connectivity index (χ1) is 9.27. The minimum Gasteiger partial charge on any atom is -0.480 e. The van der Waals surface area contributed by atoms with Gasteiger partial charge >= 0.3 is 5.97 Å². The fourth-order valence-corrected chi connectivity index (χ4v) is 2.06. The van der Waals surface area contributed by atoms with Crippen molar-refractivity contribution in [1.29, 1.82) is 0 Å². The molecule has 3 amide bonds. The maximum absolute atomic E-state index is 11.3. The lowest BCUT2D eigenvalue weighted by atomic mass is 10.2. The van der Waals surface area contributed by atoms with E-state index in [-0.39, 0.29) is 38.8 Å². The summed E-state index contributed by atoms with van der Waals surface area (Å²) in [6.07, 6.45) is 0. The van der Waals surface area contributed by atoms with Crippen molar-refractivity contribution in [3.05, 3.63) is 0 Å². The predicted octanol–water partition coefficient (Wildman–Crippen LogP) is -2.79. The molecule has 0 radical (unpaired) electrons. The summed E-state index contributed by atoms with van der Waals surface area (Å²) in [7, 11) is 0. The van der Waals surface area contributed by atoms with Gasteiger partial charge in [0, 0.05) is 12.6 Å². The Morgan fingerprint density at radius 3 is 2.35 bits per heavy atom. The number of nitrogens with one attached hydrogen (secondary N) is 1. The molecule has 1 heterocycles. The highest BCUT2D eigenvalue weighted by molar-refractivity contribution is 5.99. The third-order valence-corrected chi connectivity index (χ3v) is 2.86. The van der Waals surface area contributed by atoms with Gasteiger partial charge < -0.3 is 10.8 Å². The zero-order valence-electron chi connectivity index (χ0n) is 11.2. The lowest BCUT2D eigenvalue weighted by Crippen LogP contribution is -2.56. The highest BCUT2D eigenvalue weighted by atomic mass is 16.4. The second-order valence-electron chi connectivity index (χ2n) is 4.76. The van der Waals surface area contributed by atoms with Crippen LogP contribution in [-0.4, -0.2) is 77.4 Å². The molecule has 0 unspecified atom stereocenters. The number of nitrogens with zero attached hydrogens (tertiary/aromatic N) is 2. The van der Waals surface area contributed by atoms with E-state index in [0.29, 0.717) is 0 Å². The number of rotatable bonds is 7. The molecule has 1 aliphatic rings. The number of primary amides is 1. The fourth-order valence-electron chi connectivity index (χ4n) is 2.06. The molecule has 0 bridgehead atoms. The van der Waals surface area contributed by atoms with E-state index in [1.807, 2.05) is 0 Å². The summed E-state index contributed by atoms with van der Waals surface area (Å²) in [6, 6.07) is -0.260. The van der Waals surface area contributed by atoms with Gasteiger partial charge in [-0.1, -0.05) is 0 Å². The van der Waals surface area contributed by atoms with Gasteiger partial charge in [0.2, 0.25) is 17.7 Å². The van der Waals surface area contributed by atoms with Crippen molar-refractivity contribution in [2.45, 2.75) is 13.0 Å². The third-order valence-electron chi connectivity index (χ3n) is 2.86. The highest BCUT2D eigenvalue weighted by Gasteiger charge is 2.27. The van der Waals surface area contributed by atoms with Crippen LogP contribution in [0.2, 0.25) is 0 Å². The smallest absolute Gasteiger partial charge is 0.317 e. The Bertz CT molecular complexity index is 393. The number of hydrogen-bond donors (Lipinski definition) is 3. The first-order valence-electron chi connectivity index (χ1n) is 6.07. The Labute approximate surface area is 115 Å². The maximum Gasteiger partial charge on any atom is 0.317 e. The summed E-state index contributed by atoms with van der Waals surface area (Å²) >= 11 is 0. The average molecular weight is 286 g/mol. The first kappa shape index (κ1) is 16.1. The van der Waals surface area contributed by atoms with Gasteiger partial charge in [-0.2, -0.15) is 0 Å². The number of imide groups is 1. The van der Waals surface area contributed by atoms with Crippen LogP contribution in [0.4, 0.5) is 0 Å². The number of nitrogens with two attached hydrogens (primary N) is 1. The van der Waals surface area contributed by atoms with Crippen LogP contribution in [-0.2, 0) is 19.2 Å². The maximum atomic E-state index is 11.3. The number of piperazine rings is 1. The fraction of sp³-hybridized carbons (Fsp3) is 0.636. The van der Waals surface area contributed by atoms with Gasteiger partial charge in [-0.05, 0) is 6.92 Å². The molecule has 1 fully saturated rings. The number of carbonyl (C=O) groups is 4. The van der Waals surface area contributed by atoms with Crippen LogP contribution in [0.5, 0.6) is 0 Å². The van der Waals surface area contributed by atoms with Gasteiger partial charge in [0.15, 0.2) is 0 Å². The average Bonchev–Trinajstić information content (AvgIpc) is 2.25. The van der Waals surface area contributed by atoms with E-state index in [0.717, 1.165) is 0 Å². The standard InChI is InChI=1S/C11H18N4O5/c1-7(15-4-9(17)13-10(18)5-15)2-14(3-8(12)16)6-11(19)20/h7H,2-6H2,1H3,(H2,12,16)(H,19,20)(H,13,17,18)/t7-/m0/s1. The molecular weight excluding hydrogens is 268 g/mol. The molecular formula is C11H18N4O5. The van der Waals surface area contributed by atoms with E-state index >= 15 is 0 Å². The van der Waals surface area contributed by atoms with Crippen LogP contribution in [0.25, 0.3) is 0 Å². The lowest BCUT2D eigenvalue weighted by molar-refractivity contribution is -0.141. The molecule has 1 aliphatic heterocycles. The molecule has 1 atom stereocenters. The van der Waals surface area contributed by atoms with E-state index in [1.165, 1.54) is 4.90 Å². The molecule has 1 saturated heterocycles. The molecule has 0 saturated carbocycles.